The molecule has 0 radical (unpaired) electrons. The molecule has 1 saturated heterocycles. The van der Waals surface area contributed by atoms with Crippen molar-refractivity contribution in [1.29, 1.82) is 0 Å². The number of hydrogen-bond acceptors (Lipinski definition) is 5. The number of piperidine rings is 1. The number of rotatable bonds is 6. The maximum atomic E-state index is 12.2. The lowest BCUT2D eigenvalue weighted by atomic mass is 9.89. The molecule has 0 bridgehead atoms. The van der Waals surface area contributed by atoms with Crippen LogP contribution in [0.2, 0.25) is 10.0 Å². The maximum absolute atomic E-state index is 12.2. The Morgan fingerprint density at radius 2 is 1.71 bits per heavy atom. The van der Waals surface area contributed by atoms with Crippen LogP contribution in [0.4, 0.5) is 0 Å². The number of hydrogen-bond donors (Lipinski definition) is 0. The Morgan fingerprint density at radius 1 is 1.00 bits per heavy atom. The van der Waals surface area contributed by atoms with E-state index in [4.69, 9.17) is 32.7 Å². The number of esters is 1. The third-order valence-corrected chi connectivity index (χ3v) is 6.82. The lowest BCUT2D eigenvalue weighted by Crippen LogP contribution is -2.32. The zero-order valence-corrected chi connectivity index (χ0v) is 20.8. The first-order valence-corrected chi connectivity index (χ1v) is 12.2. The largest absolute Gasteiger partial charge is 0.464 e. The average Bonchev–Trinajstić information content (AvgIpc) is 3.33. The van der Waals surface area contributed by atoms with E-state index in [0.29, 0.717) is 38.8 Å². The number of fused-ring (bicyclic) bond motifs is 1. The zero-order chi connectivity index (χ0) is 24.4. The van der Waals surface area contributed by atoms with Crippen molar-refractivity contribution in [3.8, 4) is 11.5 Å². The van der Waals surface area contributed by atoms with Gasteiger partial charge in [-0.1, -0.05) is 35.3 Å². The smallest absolute Gasteiger partial charge is 0.355 e. The van der Waals surface area contributed by atoms with Gasteiger partial charge in [-0.3, -0.25) is 9.30 Å². The van der Waals surface area contributed by atoms with Crippen LogP contribution in [0.5, 0.6) is 11.5 Å². The van der Waals surface area contributed by atoms with Crippen molar-refractivity contribution in [3.63, 3.8) is 0 Å². The minimum atomic E-state index is -0.448. The number of carbonyl (C=O) groups excluding carboxylic acids is 1. The number of methoxy groups -OCH3 is 1. The molecule has 0 spiro atoms. The van der Waals surface area contributed by atoms with Crippen LogP contribution in [0.15, 0.2) is 67.0 Å². The van der Waals surface area contributed by atoms with Crippen molar-refractivity contribution in [2.24, 2.45) is 0 Å². The second kappa shape index (κ2) is 10.3. The molecule has 0 N–H and O–H groups in total. The molecule has 0 aliphatic carbocycles. The van der Waals surface area contributed by atoms with Crippen molar-refractivity contribution in [1.82, 2.24) is 14.3 Å². The minimum Gasteiger partial charge on any atom is -0.464 e. The van der Waals surface area contributed by atoms with Crippen LogP contribution in [0, 0.1) is 0 Å². The summed E-state index contributed by atoms with van der Waals surface area (Å²) in [6, 6.07) is 17.3. The molecule has 8 heteroatoms. The summed E-state index contributed by atoms with van der Waals surface area (Å²) >= 11 is 12.4. The van der Waals surface area contributed by atoms with Gasteiger partial charge >= 0.3 is 5.97 Å². The van der Waals surface area contributed by atoms with Gasteiger partial charge in [-0.05, 0) is 73.3 Å². The van der Waals surface area contributed by atoms with Crippen LogP contribution in [0.25, 0.3) is 5.65 Å². The van der Waals surface area contributed by atoms with Gasteiger partial charge in [0.15, 0.2) is 0 Å². The van der Waals surface area contributed by atoms with E-state index < -0.39 is 5.97 Å². The number of carbonyl (C=O) groups is 1. The first-order valence-electron chi connectivity index (χ1n) is 11.5. The van der Waals surface area contributed by atoms with Crippen molar-refractivity contribution in [3.05, 3.63) is 93.9 Å². The third kappa shape index (κ3) is 5.45. The van der Waals surface area contributed by atoms with Crippen LogP contribution in [0.3, 0.4) is 0 Å². The number of nitrogens with zero attached hydrogens (tertiary/aromatic N) is 3. The van der Waals surface area contributed by atoms with E-state index in [1.165, 1.54) is 18.2 Å². The van der Waals surface area contributed by atoms with Crippen LogP contribution in [-0.4, -0.2) is 40.5 Å². The number of imidazole rings is 1. The summed E-state index contributed by atoms with van der Waals surface area (Å²) in [5, 5.41) is 1.40. The predicted molar refractivity (Wildman–Crippen MR) is 137 cm³/mol. The Labute approximate surface area is 214 Å². The Kier molecular flexibility index (Phi) is 6.95. The summed E-state index contributed by atoms with van der Waals surface area (Å²) in [4.78, 5) is 18.9. The Hall–Kier alpha value is -3.06. The number of halogens is 2. The molecule has 5 rings (SSSR count). The monoisotopic (exact) mass is 509 g/mol. The SMILES string of the molecule is COC(=O)c1cc(Oc2ccc(CN3CCC(c4cc(Cl)cc(Cl)c4)CC3)cc2)cc2nccn12. The molecule has 35 heavy (non-hydrogen) atoms. The number of ether oxygens (including phenoxy) is 2. The molecule has 2 aromatic heterocycles. The highest BCUT2D eigenvalue weighted by Crippen LogP contribution is 2.32. The summed E-state index contributed by atoms with van der Waals surface area (Å²) < 4.78 is 12.6. The Bertz CT molecular complexity index is 1330. The lowest BCUT2D eigenvalue weighted by Gasteiger charge is -2.32. The van der Waals surface area contributed by atoms with E-state index in [2.05, 4.69) is 22.0 Å². The van der Waals surface area contributed by atoms with Gasteiger partial charge in [0.2, 0.25) is 0 Å². The molecule has 2 aromatic carbocycles. The number of likely N-dealkylation sites (tertiary alicyclic amines) is 1. The highest BCUT2D eigenvalue weighted by atomic mass is 35.5. The van der Waals surface area contributed by atoms with Gasteiger partial charge in [0, 0.05) is 41.1 Å². The van der Waals surface area contributed by atoms with Gasteiger partial charge in [0.1, 0.15) is 22.8 Å². The van der Waals surface area contributed by atoms with Gasteiger partial charge in [-0.25, -0.2) is 9.78 Å². The molecule has 1 aliphatic heterocycles. The second-order valence-electron chi connectivity index (χ2n) is 8.72. The fourth-order valence-electron chi connectivity index (χ4n) is 4.61. The molecule has 4 aromatic rings. The van der Waals surface area contributed by atoms with E-state index in [9.17, 15) is 4.79 Å². The maximum Gasteiger partial charge on any atom is 0.355 e. The second-order valence-corrected chi connectivity index (χ2v) is 9.60. The molecule has 1 fully saturated rings. The van der Waals surface area contributed by atoms with E-state index in [1.807, 2.05) is 24.3 Å². The molecule has 0 unspecified atom stereocenters. The molecule has 3 heterocycles. The molecule has 0 atom stereocenters. The molecular weight excluding hydrogens is 485 g/mol. The first-order chi connectivity index (χ1) is 17.0. The minimum absolute atomic E-state index is 0.359. The fraction of sp³-hybridized carbons (Fsp3) is 0.259. The van der Waals surface area contributed by atoms with Gasteiger partial charge < -0.3 is 9.47 Å². The number of aromatic nitrogens is 2. The topological polar surface area (TPSA) is 56.1 Å². The summed E-state index contributed by atoms with van der Waals surface area (Å²) in [5.74, 6) is 1.26. The van der Waals surface area contributed by atoms with Crippen molar-refractivity contribution >= 4 is 34.8 Å². The lowest BCUT2D eigenvalue weighted by molar-refractivity contribution is 0.0592. The van der Waals surface area contributed by atoms with E-state index in [1.54, 1.807) is 35.0 Å². The molecular formula is C27H25Cl2N3O3. The molecule has 0 amide bonds. The van der Waals surface area contributed by atoms with Gasteiger partial charge in [0.05, 0.1) is 7.11 Å². The molecule has 6 nitrogen and oxygen atoms in total. The van der Waals surface area contributed by atoms with Gasteiger partial charge in [-0.15, -0.1) is 0 Å². The summed E-state index contributed by atoms with van der Waals surface area (Å²) in [6.45, 7) is 2.93. The summed E-state index contributed by atoms with van der Waals surface area (Å²) in [7, 11) is 1.35. The van der Waals surface area contributed by atoms with Crippen molar-refractivity contribution < 1.29 is 14.3 Å². The van der Waals surface area contributed by atoms with Crippen LogP contribution in [0.1, 0.15) is 40.4 Å². The van der Waals surface area contributed by atoms with Crippen molar-refractivity contribution in [2.45, 2.75) is 25.3 Å². The van der Waals surface area contributed by atoms with Gasteiger partial charge in [0.25, 0.3) is 0 Å². The molecule has 1 aliphatic rings. The first kappa shape index (κ1) is 23.7. The Morgan fingerprint density at radius 3 is 2.40 bits per heavy atom. The fourth-order valence-corrected chi connectivity index (χ4v) is 5.15. The number of pyridine rings is 1. The molecule has 0 saturated carbocycles. The number of benzene rings is 2. The Balaban J connectivity index is 1.20. The van der Waals surface area contributed by atoms with Crippen LogP contribution >= 0.6 is 23.2 Å². The molecule has 180 valence electrons. The van der Waals surface area contributed by atoms with E-state index in [-0.39, 0.29) is 0 Å². The average molecular weight is 510 g/mol. The van der Waals surface area contributed by atoms with Crippen LogP contribution in [-0.2, 0) is 11.3 Å². The van der Waals surface area contributed by atoms with E-state index in [0.717, 1.165) is 32.5 Å². The highest BCUT2D eigenvalue weighted by Gasteiger charge is 2.21. The zero-order valence-electron chi connectivity index (χ0n) is 19.3. The highest BCUT2D eigenvalue weighted by molar-refractivity contribution is 6.34. The predicted octanol–water partition coefficient (Wildman–Crippen LogP) is 6.60. The van der Waals surface area contributed by atoms with Gasteiger partial charge in [-0.2, -0.15) is 0 Å². The normalized spacial score (nSPS) is 14.8. The summed E-state index contributed by atoms with van der Waals surface area (Å²) in [6.07, 6.45) is 5.51. The van der Waals surface area contributed by atoms with E-state index >= 15 is 0 Å². The van der Waals surface area contributed by atoms with Crippen molar-refractivity contribution in [2.75, 3.05) is 20.2 Å². The summed E-state index contributed by atoms with van der Waals surface area (Å²) in [5.41, 5.74) is 3.42. The third-order valence-electron chi connectivity index (χ3n) is 6.38. The standard InChI is InChI=1S/C27H25Cl2N3O3/c1-34-27(33)25-15-24(16-26-30-8-11-32(25)26)35-23-4-2-18(3-5-23)17-31-9-6-19(7-10-31)20-12-21(28)14-22(29)13-20/h2-5,8,11-16,19H,6-7,9-10,17H2,1H3. The quantitative estimate of drug-likeness (QED) is 0.274. The van der Waals surface area contributed by atoms with Crippen LogP contribution < -0.4 is 4.74 Å².